The van der Waals surface area contributed by atoms with Gasteiger partial charge in [0.15, 0.2) is 0 Å². The maximum Gasteiger partial charge on any atom is 0.0337 e. The largest absolute Gasteiger partial charge is 0.311 e. The molecule has 2 aliphatic rings. The fourth-order valence-electron chi connectivity index (χ4n) is 3.38. The van der Waals surface area contributed by atoms with Crippen LogP contribution >= 0.6 is 0 Å². The number of nitrogens with one attached hydrogen (secondary N) is 1. The normalized spacial score (nSPS) is 33.4. The van der Waals surface area contributed by atoms with Crippen molar-refractivity contribution in [3.8, 4) is 0 Å². The fraction of sp³-hybridized carbons (Fsp3) is 1.00. The van der Waals surface area contributed by atoms with Gasteiger partial charge in [-0.05, 0) is 33.1 Å². The van der Waals surface area contributed by atoms with Gasteiger partial charge in [-0.15, -0.1) is 0 Å². The van der Waals surface area contributed by atoms with Gasteiger partial charge in [-0.1, -0.05) is 19.8 Å². The van der Waals surface area contributed by atoms with Crippen molar-refractivity contribution in [2.75, 3.05) is 13.1 Å². The molecular formula is C13H26N2. The van der Waals surface area contributed by atoms with Crippen LogP contribution in [0.5, 0.6) is 0 Å². The van der Waals surface area contributed by atoms with E-state index in [1.807, 2.05) is 0 Å². The van der Waals surface area contributed by atoms with Crippen LogP contribution in [0.4, 0.5) is 0 Å². The molecule has 0 aromatic heterocycles. The fourth-order valence-corrected chi connectivity index (χ4v) is 3.38. The molecule has 0 bridgehead atoms. The summed E-state index contributed by atoms with van der Waals surface area (Å²) in [5, 5.41) is 3.68. The van der Waals surface area contributed by atoms with Crippen molar-refractivity contribution in [1.29, 1.82) is 0 Å². The zero-order valence-corrected chi connectivity index (χ0v) is 10.6. The van der Waals surface area contributed by atoms with Gasteiger partial charge < -0.3 is 5.32 Å². The minimum atomic E-state index is 0.516. The summed E-state index contributed by atoms with van der Waals surface area (Å²) in [7, 11) is 0. The van der Waals surface area contributed by atoms with Gasteiger partial charge in [0.2, 0.25) is 0 Å². The molecule has 2 heteroatoms. The molecule has 1 heterocycles. The molecule has 2 unspecified atom stereocenters. The van der Waals surface area contributed by atoms with Gasteiger partial charge >= 0.3 is 0 Å². The average molecular weight is 210 g/mol. The molecule has 88 valence electrons. The zero-order valence-electron chi connectivity index (χ0n) is 10.6. The van der Waals surface area contributed by atoms with E-state index >= 15 is 0 Å². The van der Waals surface area contributed by atoms with E-state index in [-0.39, 0.29) is 0 Å². The summed E-state index contributed by atoms with van der Waals surface area (Å²) in [5.41, 5.74) is 0.516. The summed E-state index contributed by atoms with van der Waals surface area (Å²) in [6.07, 6.45) is 6.98. The van der Waals surface area contributed by atoms with E-state index in [0.29, 0.717) is 11.6 Å². The second kappa shape index (κ2) is 4.42. The van der Waals surface area contributed by atoms with Gasteiger partial charge in [0.05, 0.1) is 0 Å². The molecule has 1 aliphatic carbocycles. The van der Waals surface area contributed by atoms with Gasteiger partial charge in [0.25, 0.3) is 0 Å². The summed E-state index contributed by atoms with van der Waals surface area (Å²) in [6, 6.07) is 1.43. The van der Waals surface area contributed by atoms with E-state index in [4.69, 9.17) is 0 Å². The Morgan fingerprint density at radius 2 is 2.07 bits per heavy atom. The van der Waals surface area contributed by atoms with E-state index in [2.05, 4.69) is 31.0 Å². The number of hydrogen-bond acceptors (Lipinski definition) is 2. The van der Waals surface area contributed by atoms with E-state index < -0.39 is 0 Å². The summed E-state index contributed by atoms with van der Waals surface area (Å²) in [6.45, 7) is 9.50. The van der Waals surface area contributed by atoms with Crippen LogP contribution in [-0.2, 0) is 0 Å². The van der Waals surface area contributed by atoms with E-state index in [9.17, 15) is 0 Å². The van der Waals surface area contributed by atoms with Crippen molar-refractivity contribution in [3.63, 3.8) is 0 Å². The molecule has 0 aromatic rings. The third-order valence-electron chi connectivity index (χ3n) is 4.52. The Balaban J connectivity index is 2.12. The molecular weight excluding hydrogens is 184 g/mol. The first kappa shape index (κ1) is 11.4. The number of piperazine rings is 1. The predicted molar refractivity (Wildman–Crippen MR) is 65.1 cm³/mol. The van der Waals surface area contributed by atoms with E-state index in [1.54, 1.807) is 0 Å². The summed E-state index contributed by atoms with van der Waals surface area (Å²) in [4.78, 5) is 2.81. The minimum Gasteiger partial charge on any atom is -0.311 e. The van der Waals surface area contributed by atoms with Crippen LogP contribution in [0, 0.1) is 0 Å². The van der Waals surface area contributed by atoms with E-state index in [0.717, 1.165) is 6.04 Å². The molecule has 2 fully saturated rings. The number of nitrogens with zero attached hydrogens (tertiary/aromatic N) is 1. The highest BCUT2D eigenvalue weighted by molar-refractivity contribution is 5.02. The summed E-state index contributed by atoms with van der Waals surface area (Å²) >= 11 is 0. The molecule has 1 spiro atoms. The molecule has 1 aliphatic heterocycles. The highest BCUT2D eigenvalue weighted by Gasteiger charge is 2.43. The molecule has 2 nitrogen and oxygen atoms in total. The molecule has 1 saturated heterocycles. The van der Waals surface area contributed by atoms with Crippen molar-refractivity contribution in [2.45, 2.75) is 70.5 Å². The van der Waals surface area contributed by atoms with Crippen LogP contribution in [0.3, 0.4) is 0 Å². The topological polar surface area (TPSA) is 15.3 Å². The minimum absolute atomic E-state index is 0.516. The Hall–Kier alpha value is -0.0800. The Kier molecular flexibility index (Phi) is 3.36. The smallest absolute Gasteiger partial charge is 0.0337 e. The highest BCUT2D eigenvalue weighted by atomic mass is 15.3. The Bertz CT molecular complexity index is 209. The van der Waals surface area contributed by atoms with Crippen LogP contribution in [0.25, 0.3) is 0 Å². The third kappa shape index (κ3) is 2.07. The predicted octanol–water partition coefficient (Wildman–Crippen LogP) is 2.39. The first-order valence-electron chi connectivity index (χ1n) is 6.68. The van der Waals surface area contributed by atoms with Crippen molar-refractivity contribution in [3.05, 3.63) is 0 Å². The lowest BCUT2D eigenvalue weighted by molar-refractivity contribution is 0.0126. The molecule has 2 atom stereocenters. The summed E-state index contributed by atoms with van der Waals surface area (Å²) < 4.78 is 0. The van der Waals surface area contributed by atoms with E-state index in [1.165, 1.54) is 45.2 Å². The standard InChI is InChI=1S/C13H26N2/c1-4-12(3)15-9-11(2)14-10-13(15)7-5-6-8-13/h11-12,14H,4-10H2,1-3H3. The monoisotopic (exact) mass is 210 g/mol. The second-order valence-electron chi connectivity index (χ2n) is 5.62. The summed E-state index contributed by atoms with van der Waals surface area (Å²) in [5.74, 6) is 0. The van der Waals surface area contributed by atoms with Crippen LogP contribution in [0.2, 0.25) is 0 Å². The van der Waals surface area contributed by atoms with Gasteiger partial charge in [-0.3, -0.25) is 4.90 Å². The molecule has 15 heavy (non-hydrogen) atoms. The van der Waals surface area contributed by atoms with Crippen molar-refractivity contribution < 1.29 is 0 Å². The molecule has 1 saturated carbocycles. The number of rotatable bonds is 2. The zero-order chi connectivity index (χ0) is 10.9. The van der Waals surface area contributed by atoms with Crippen molar-refractivity contribution >= 4 is 0 Å². The maximum absolute atomic E-state index is 3.68. The van der Waals surface area contributed by atoms with Crippen LogP contribution in [-0.4, -0.2) is 35.6 Å². The Morgan fingerprint density at radius 3 is 2.67 bits per heavy atom. The van der Waals surface area contributed by atoms with Gasteiger partial charge in [0.1, 0.15) is 0 Å². The SMILES string of the molecule is CCC(C)N1CC(C)NCC12CCCC2. The first-order chi connectivity index (χ1) is 7.18. The molecule has 0 amide bonds. The van der Waals surface area contributed by atoms with Crippen LogP contribution in [0.15, 0.2) is 0 Å². The maximum atomic E-state index is 3.68. The lowest BCUT2D eigenvalue weighted by Gasteiger charge is -2.50. The first-order valence-corrected chi connectivity index (χ1v) is 6.68. The van der Waals surface area contributed by atoms with Gasteiger partial charge in [0, 0.05) is 30.7 Å². The van der Waals surface area contributed by atoms with Crippen LogP contribution < -0.4 is 5.32 Å². The highest BCUT2D eigenvalue weighted by Crippen LogP contribution is 2.38. The molecule has 0 radical (unpaired) electrons. The van der Waals surface area contributed by atoms with Crippen molar-refractivity contribution in [1.82, 2.24) is 10.2 Å². The Morgan fingerprint density at radius 1 is 1.40 bits per heavy atom. The van der Waals surface area contributed by atoms with Gasteiger partial charge in [-0.25, -0.2) is 0 Å². The molecule has 1 N–H and O–H groups in total. The van der Waals surface area contributed by atoms with Crippen molar-refractivity contribution in [2.24, 2.45) is 0 Å². The van der Waals surface area contributed by atoms with Crippen LogP contribution in [0.1, 0.15) is 52.9 Å². The molecule has 2 rings (SSSR count). The quantitative estimate of drug-likeness (QED) is 0.753. The lowest BCUT2D eigenvalue weighted by atomic mass is 9.89. The Labute approximate surface area is 94.4 Å². The second-order valence-corrected chi connectivity index (χ2v) is 5.62. The average Bonchev–Trinajstić information content (AvgIpc) is 2.70. The number of hydrogen-bond donors (Lipinski definition) is 1. The molecule has 0 aromatic carbocycles. The van der Waals surface area contributed by atoms with Gasteiger partial charge in [-0.2, -0.15) is 0 Å². The lowest BCUT2D eigenvalue weighted by Crippen LogP contribution is -2.65. The third-order valence-corrected chi connectivity index (χ3v) is 4.52.